The number of hydrogen-bond acceptors (Lipinski definition) is 2. The molecule has 0 saturated carbocycles. The molecule has 4 heteroatoms. The second-order valence-corrected chi connectivity index (χ2v) is 4.39. The van der Waals surface area contributed by atoms with Gasteiger partial charge in [-0.25, -0.2) is 0 Å². The predicted octanol–water partition coefficient (Wildman–Crippen LogP) is 3.08. The maximum absolute atomic E-state index is 11.8. The molecule has 20 heavy (non-hydrogen) atoms. The summed E-state index contributed by atoms with van der Waals surface area (Å²) in [6.07, 6.45) is 7.18. The number of aryl methyl sites for hydroxylation is 1. The van der Waals surface area contributed by atoms with Crippen LogP contribution in [0.3, 0.4) is 0 Å². The molecule has 1 N–H and O–H groups in total. The summed E-state index contributed by atoms with van der Waals surface area (Å²) in [7, 11) is 1.94. The lowest BCUT2D eigenvalue weighted by Crippen LogP contribution is -2.07. The Morgan fingerprint density at radius 1 is 1.30 bits per heavy atom. The van der Waals surface area contributed by atoms with Crippen LogP contribution in [0.5, 0.6) is 5.75 Å². The van der Waals surface area contributed by atoms with E-state index < -0.39 is 0 Å². The van der Waals surface area contributed by atoms with Gasteiger partial charge in [0, 0.05) is 31.2 Å². The van der Waals surface area contributed by atoms with E-state index in [2.05, 4.69) is 5.32 Å². The van der Waals surface area contributed by atoms with Crippen molar-refractivity contribution in [2.75, 3.05) is 11.9 Å². The number of aromatic nitrogens is 1. The zero-order valence-electron chi connectivity index (χ0n) is 11.7. The quantitative estimate of drug-likeness (QED) is 0.848. The van der Waals surface area contributed by atoms with Crippen LogP contribution in [0, 0.1) is 0 Å². The van der Waals surface area contributed by atoms with E-state index in [0.29, 0.717) is 6.61 Å². The number of nitrogens with zero attached hydrogens (tertiary/aromatic N) is 1. The molecule has 2 aromatic rings. The molecular weight excluding hydrogens is 252 g/mol. The average molecular weight is 270 g/mol. The van der Waals surface area contributed by atoms with Crippen molar-refractivity contribution in [1.29, 1.82) is 0 Å². The van der Waals surface area contributed by atoms with E-state index in [1.165, 1.54) is 6.08 Å². The normalized spacial score (nSPS) is 10.7. The molecule has 0 aliphatic carbocycles. The molecule has 2 rings (SSSR count). The first-order valence-electron chi connectivity index (χ1n) is 6.51. The van der Waals surface area contributed by atoms with Crippen molar-refractivity contribution in [3.8, 4) is 5.75 Å². The zero-order valence-corrected chi connectivity index (χ0v) is 11.7. The molecule has 1 amide bonds. The molecule has 4 nitrogen and oxygen atoms in total. The van der Waals surface area contributed by atoms with Gasteiger partial charge in [0.15, 0.2) is 0 Å². The van der Waals surface area contributed by atoms with Gasteiger partial charge in [-0.3, -0.25) is 4.79 Å². The zero-order chi connectivity index (χ0) is 14.4. The molecule has 104 valence electrons. The average Bonchev–Trinajstić information content (AvgIpc) is 2.85. The van der Waals surface area contributed by atoms with Gasteiger partial charge >= 0.3 is 0 Å². The van der Waals surface area contributed by atoms with Gasteiger partial charge in [-0.05, 0) is 48.9 Å². The third-order valence-electron chi connectivity index (χ3n) is 2.71. The number of carbonyl (C=O) groups excluding carboxylic acids is 1. The van der Waals surface area contributed by atoms with Gasteiger partial charge in [0.2, 0.25) is 5.91 Å². The van der Waals surface area contributed by atoms with E-state index >= 15 is 0 Å². The summed E-state index contributed by atoms with van der Waals surface area (Å²) in [5, 5.41) is 2.80. The van der Waals surface area contributed by atoms with Gasteiger partial charge in [-0.15, -0.1) is 0 Å². The highest BCUT2D eigenvalue weighted by atomic mass is 16.5. The molecule has 1 heterocycles. The minimum absolute atomic E-state index is 0.155. The third kappa shape index (κ3) is 4.02. The Kier molecular flexibility index (Phi) is 4.60. The Labute approximate surface area is 118 Å². The second-order valence-electron chi connectivity index (χ2n) is 4.39. The maximum Gasteiger partial charge on any atom is 0.248 e. The summed E-state index contributed by atoms with van der Waals surface area (Å²) in [5.74, 6) is 0.642. The van der Waals surface area contributed by atoms with E-state index in [9.17, 15) is 4.79 Å². The van der Waals surface area contributed by atoms with Crippen LogP contribution in [0.2, 0.25) is 0 Å². The van der Waals surface area contributed by atoms with E-state index in [-0.39, 0.29) is 5.91 Å². The van der Waals surface area contributed by atoms with Crippen LogP contribution in [0.25, 0.3) is 6.08 Å². The lowest BCUT2D eigenvalue weighted by Gasteiger charge is -2.05. The Hall–Kier alpha value is -2.49. The molecule has 0 fully saturated rings. The number of rotatable bonds is 5. The fourth-order valence-corrected chi connectivity index (χ4v) is 1.78. The van der Waals surface area contributed by atoms with Gasteiger partial charge in [0.05, 0.1) is 6.61 Å². The maximum atomic E-state index is 11.8. The fourth-order valence-electron chi connectivity index (χ4n) is 1.78. The van der Waals surface area contributed by atoms with Crippen molar-refractivity contribution < 1.29 is 9.53 Å². The van der Waals surface area contributed by atoms with Crippen LogP contribution in [0.1, 0.15) is 12.5 Å². The molecule has 0 aliphatic heterocycles. The Balaban J connectivity index is 1.92. The van der Waals surface area contributed by atoms with E-state index in [4.69, 9.17) is 4.74 Å². The minimum Gasteiger partial charge on any atom is -0.494 e. The van der Waals surface area contributed by atoms with Crippen LogP contribution in [0.15, 0.2) is 48.8 Å². The summed E-state index contributed by atoms with van der Waals surface area (Å²) in [6.45, 7) is 2.57. The van der Waals surface area contributed by atoms with Gasteiger partial charge < -0.3 is 14.6 Å². The van der Waals surface area contributed by atoms with Gasteiger partial charge in [0.1, 0.15) is 5.75 Å². The first-order valence-corrected chi connectivity index (χ1v) is 6.51. The largest absolute Gasteiger partial charge is 0.494 e. The molecule has 1 aromatic heterocycles. The molecule has 1 aromatic carbocycles. The fraction of sp³-hybridized carbons (Fsp3) is 0.188. The summed E-state index contributed by atoms with van der Waals surface area (Å²) < 4.78 is 7.28. The Morgan fingerprint density at radius 3 is 2.65 bits per heavy atom. The van der Waals surface area contributed by atoms with Crippen molar-refractivity contribution in [1.82, 2.24) is 4.57 Å². The van der Waals surface area contributed by atoms with Crippen LogP contribution in [0.4, 0.5) is 5.69 Å². The highest BCUT2D eigenvalue weighted by molar-refractivity contribution is 6.01. The molecule has 0 spiro atoms. The van der Waals surface area contributed by atoms with Crippen LogP contribution in [-0.2, 0) is 11.8 Å². The summed E-state index contributed by atoms with van der Waals surface area (Å²) >= 11 is 0. The molecular formula is C16H18N2O2. The molecule has 0 saturated heterocycles. The SMILES string of the molecule is CCOc1ccc(NC(=O)/C=C/c2ccn(C)c2)cc1. The van der Waals surface area contributed by atoms with E-state index in [0.717, 1.165) is 17.0 Å². The number of anilines is 1. The lowest BCUT2D eigenvalue weighted by molar-refractivity contribution is -0.111. The lowest BCUT2D eigenvalue weighted by atomic mass is 10.3. The van der Waals surface area contributed by atoms with Gasteiger partial charge in [-0.2, -0.15) is 0 Å². The first-order chi connectivity index (χ1) is 9.67. The van der Waals surface area contributed by atoms with Gasteiger partial charge in [-0.1, -0.05) is 0 Å². The Morgan fingerprint density at radius 2 is 2.05 bits per heavy atom. The summed E-state index contributed by atoms with van der Waals surface area (Å²) in [4.78, 5) is 11.8. The first kappa shape index (κ1) is 13.9. The second kappa shape index (κ2) is 6.61. The van der Waals surface area contributed by atoms with Gasteiger partial charge in [0.25, 0.3) is 0 Å². The highest BCUT2D eigenvalue weighted by Gasteiger charge is 1.99. The number of hydrogen-bond donors (Lipinski definition) is 1. The highest BCUT2D eigenvalue weighted by Crippen LogP contribution is 2.15. The topological polar surface area (TPSA) is 43.3 Å². The van der Waals surface area contributed by atoms with E-state index in [1.54, 1.807) is 6.08 Å². The number of nitrogens with one attached hydrogen (secondary N) is 1. The number of carbonyl (C=O) groups is 1. The van der Waals surface area contributed by atoms with Crippen LogP contribution in [-0.4, -0.2) is 17.1 Å². The van der Waals surface area contributed by atoms with Crippen molar-refractivity contribution in [2.24, 2.45) is 7.05 Å². The molecule has 0 atom stereocenters. The van der Waals surface area contributed by atoms with Crippen molar-refractivity contribution in [2.45, 2.75) is 6.92 Å². The predicted molar refractivity (Wildman–Crippen MR) is 80.7 cm³/mol. The summed E-state index contributed by atoms with van der Waals surface area (Å²) in [6, 6.07) is 9.25. The number of amides is 1. The molecule has 0 unspecified atom stereocenters. The van der Waals surface area contributed by atoms with Crippen LogP contribution < -0.4 is 10.1 Å². The van der Waals surface area contributed by atoms with E-state index in [1.807, 2.05) is 61.3 Å². The minimum atomic E-state index is -0.155. The van der Waals surface area contributed by atoms with Crippen molar-refractivity contribution in [3.63, 3.8) is 0 Å². The Bertz CT molecular complexity index is 597. The smallest absolute Gasteiger partial charge is 0.248 e. The number of ether oxygens (including phenoxy) is 1. The molecule has 0 aliphatic rings. The monoisotopic (exact) mass is 270 g/mol. The number of benzene rings is 1. The summed E-state index contributed by atoms with van der Waals surface area (Å²) in [5.41, 5.74) is 1.74. The molecule has 0 bridgehead atoms. The van der Waals surface area contributed by atoms with Crippen molar-refractivity contribution >= 4 is 17.7 Å². The third-order valence-corrected chi connectivity index (χ3v) is 2.71. The van der Waals surface area contributed by atoms with Crippen LogP contribution >= 0.6 is 0 Å². The van der Waals surface area contributed by atoms with Crippen molar-refractivity contribution in [3.05, 3.63) is 54.4 Å². The molecule has 0 radical (unpaired) electrons. The standard InChI is InChI=1S/C16H18N2O2/c1-3-20-15-7-5-14(6-8-15)17-16(19)9-4-13-10-11-18(2)12-13/h4-12H,3H2,1-2H3,(H,17,19)/b9-4+.